The predicted octanol–water partition coefficient (Wildman–Crippen LogP) is 2.00. The number of benzene rings is 2. The van der Waals surface area contributed by atoms with Gasteiger partial charge in [0.25, 0.3) is 5.69 Å². The smallest absolute Gasteiger partial charge is 0.294 e. The van der Waals surface area contributed by atoms with Crippen molar-refractivity contribution < 1.29 is 4.92 Å². The van der Waals surface area contributed by atoms with Crippen LogP contribution in [0.2, 0.25) is 0 Å². The second kappa shape index (κ2) is 6.00. The number of nitro benzene ring substituents is 1. The van der Waals surface area contributed by atoms with Gasteiger partial charge < -0.3 is 22.5 Å². The van der Waals surface area contributed by atoms with Crippen LogP contribution in [0.3, 0.4) is 0 Å². The Bertz CT molecular complexity index is 672. The summed E-state index contributed by atoms with van der Waals surface area (Å²) in [6, 6.07) is 9.82. The molecule has 21 heavy (non-hydrogen) atoms. The van der Waals surface area contributed by atoms with Gasteiger partial charge in [-0.3, -0.25) is 10.1 Å². The first-order valence-corrected chi connectivity index (χ1v) is 6.39. The highest BCUT2D eigenvalue weighted by Gasteiger charge is 2.13. The Labute approximate surface area is 121 Å². The van der Waals surface area contributed by atoms with Crippen LogP contribution in [0, 0.1) is 10.1 Å². The summed E-state index contributed by atoms with van der Waals surface area (Å²) in [5.74, 6) is 0. The second-order valence-electron chi connectivity index (χ2n) is 4.67. The molecule has 0 bridgehead atoms. The molecule has 0 heterocycles. The maximum atomic E-state index is 11.0. The van der Waals surface area contributed by atoms with Crippen molar-refractivity contribution in [3.63, 3.8) is 0 Å². The molecule has 7 heteroatoms. The van der Waals surface area contributed by atoms with Gasteiger partial charge in [0.05, 0.1) is 4.92 Å². The molecule has 2 aromatic carbocycles. The second-order valence-corrected chi connectivity index (χ2v) is 4.67. The molecule has 0 unspecified atom stereocenters. The lowest BCUT2D eigenvalue weighted by Gasteiger charge is -2.10. The Hall–Kier alpha value is -2.96. The molecule has 0 radical (unpaired) electrons. The van der Waals surface area contributed by atoms with Crippen molar-refractivity contribution in [3.05, 3.63) is 52.1 Å². The predicted molar refractivity (Wildman–Crippen MR) is 85.0 cm³/mol. The molecule has 110 valence electrons. The standard InChI is InChI=1S/C14H17N5O2/c15-10-1-3-12(17)9(7-10)5-6-18-13-4-2-11(16)8-14(13)19(20)21/h1-4,7-8,18H,5-6,15-17H2. The van der Waals surface area contributed by atoms with Crippen LogP contribution >= 0.6 is 0 Å². The summed E-state index contributed by atoms with van der Waals surface area (Å²) in [7, 11) is 0. The number of nitrogen functional groups attached to an aromatic ring is 3. The van der Waals surface area contributed by atoms with Gasteiger partial charge in [0, 0.05) is 29.7 Å². The monoisotopic (exact) mass is 287 g/mol. The van der Waals surface area contributed by atoms with E-state index >= 15 is 0 Å². The van der Waals surface area contributed by atoms with Crippen molar-refractivity contribution in [3.8, 4) is 0 Å². The molecule has 0 saturated heterocycles. The highest BCUT2D eigenvalue weighted by atomic mass is 16.6. The van der Waals surface area contributed by atoms with E-state index in [0.29, 0.717) is 35.7 Å². The fourth-order valence-corrected chi connectivity index (χ4v) is 2.02. The van der Waals surface area contributed by atoms with Gasteiger partial charge in [-0.2, -0.15) is 0 Å². The van der Waals surface area contributed by atoms with Crippen molar-refractivity contribution in [1.82, 2.24) is 0 Å². The molecule has 0 atom stereocenters. The van der Waals surface area contributed by atoms with E-state index in [1.54, 1.807) is 30.3 Å². The number of nitrogens with one attached hydrogen (secondary N) is 1. The summed E-state index contributed by atoms with van der Waals surface area (Å²) < 4.78 is 0. The number of rotatable bonds is 5. The Balaban J connectivity index is 2.07. The average molecular weight is 287 g/mol. The Morgan fingerprint density at radius 2 is 1.71 bits per heavy atom. The molecule has 7 nitrogen and oxygen atoms in total. The van der Waals surface area contributed by atoms with Crippen LogP contribution in [-0.2, 0) is 6.42 Å². The topological polar surface area (TPSA) is 133 Å². The van der Waals surface area contributed by atoms with Crippen molar-refractivity contribution in [1.29, 1.82) is 0 Å². The van der Waals surface area contributed by atoms with Crippen LogP contribution in [-0.4, -0.2) is 11.5 Å². The Morgan fingerprint density at radius 1 is 1.05 bits per heavy atom. The van der Waals surface area contributed by atoms with E-state index in [4.69, 9.17) is 17.2 Å². The zero-order valence-electron chi connectivity index (χ0n) is 11.4. The number of hydrogen-bond donors (Lipinski definition) is 4. The summed E-state index contributed by atoms with van der Waals surface area (Å²) in [5, 5.41) is 14.0. The maximum absolute atomic E-state index is 11.0. The third-order valence-corrected chi connectivity index (χ3v) is 3.10. The maximum Gasteiger partial charge on any atom is 0.294 e. The van der Waals surface area contributed by atoms with Crippen LogP contribution in [0.5, 0.6) is 0 Å². The fourth-order valence-electron chi connectivity index (χ4n) is 2.02. The number of nitrogens with zero attached hydrogens (tertiary/aromatic N) is 1. The van der Waals surface area contributed by atoms with Gasteiger partial charge in [0.15, 0.2) is 0 Å². The van der Waals surface area contributed by atoms with Gasteiger partial charge in [-0.1, -0.05) is 0 Å². The van der Waals surface area contributed by atoms with Crippen LogP contribution in [0.15, 0.2) is 36.4 Å². The average Bonchev–Trinajstić information content (AvgIpc) is 2.44. The highest BCUT2D eigenvalue weighted by Crippen LogP contribution is 2.26. The molecule has 0 aliphatic heterocycles. The minimum atomic E-state index is -0.465. The number of nitro groups is 1. The van der Waals surface area contributed by atoms with E-state index in [1.807, 2.05) is 0 Å². The van der Waals surface area contributed by atoms with E-state index in [9.17, 15) is 10.1 Å². The summed E-state index contributed by atoms with van der Waals surface area (Å²) in [6.07, 6.45) is 0.610. The molecule has 0 fully saturated rings. The first-order valence-electron chi connectivity index (χ1n) is 6.39. The van der Waals surface area contributed by atoms with E-state index in [1.165, 1.54) is 6.07 Å². The van der Waals surface area contributed by atoms with Gasteiger partial charge >= 0.3 is 0 Å². The van der Waals surface area contributed by atoms with Gasteiger partial charge in [-0.15, -0.1) is 0 Å². The van der Waals surface area contributed by atoms with Crippen molar-refractivity contribution in [2.75, 3.05) is 29.1 Å². The van der Waals surface area contributed by atoms with Crippen molar-refractivity contribution in [2.45, 2.75) is 6.42 Å². The van der Waals surface area contributed by atoms with Crippen LogP contribution in [0.25, 0.3) is 0 Å². The van der Waals surface area contributed by atoms with E-state index in [-0.39, 0.29) is 5.69 Å². The molecule has 0 spiro atoms. The van der Waals surface area contributed by atoms with Crippen molar-refractivity contribution in [2.24, 2.45) is 0 Å². The third-order valence-electron chi connectivity index (χ3n) is 3.10. The SMILES string of the molecule is Nc1ccc(N)c(CCNc2ccc(N)cc2[N+](=O)[O-])c1. The van der Waals surface area contributed by atoms with Crippen LogP contribution in [0.4, 0.5) is 28.4 Å². The first-order chi connectivity index (χ1) is 9.97. The van der Waals surface area contributed by atoms with E-state index in [2.05, 4.69) is 5.32 Å². The summed E-state index contributed by atoms with van der Waals surface area (Å²) in [5.41, 5.74) is 20.1. The van der Waals surface area contributed by atoms with Gasteiger partial charge in [-0.05, 0) is 42.3 Å². The Kier molecular flexibility index (Phi) is 4.13. The van der Waals surface area contributed by atoms with E-state index in [0.717, 1.165) is 5.56 Å². The first kappa shape index (κ1) is 14.4. The molecule has 2 aromatic rings. The lowest BCUT2D eigenvalue weighted by Crippen LogP contribution is -2.08. The van der Waals surface area contributed by atoms with Gasteiger partial charge in [-0.25, -0.2) is 0 Å². The lowest BCUT2D eigenvalue weighted by molar-refractivity contribution is -0.383. The lowest BCUT2D eigenvalue weighted by atomic mass is 10.1. The minimum absolute atomic E-state index is 0.0458. The summed E-state index contributed by atoms with van der Waals surface area (Å²) in [6.45, 7) is 0.498. The summed E-state index contributed by atoms with van der Waals surface area (Å²) >= 11 is 0. The molecule has 2 rings (SSSR count). The number of nitrogens with two attached hydrogens (primary N) is 3. The quantitative estimate of drug-likeness (QED) is 0.377. The van der Waals surface area contributed by atoms with Gasteiger partial charge in [0.1, 0.15) is 5.69 Å². The number of hydrogen-bond acceptors (Lipinski definition) is 6. The number of anilines is 4. The molecule has 0 amide bonds. The normalized spacial score (nSPS) is 10.3. The van der Waals surface area contributed by atoms with Crippen LogP contribution < -0.4 is 22.5 Å². The molecular weight excluding hydrogens is 270 g/mol. The molecular formula is C14H17N5O2. The highest BCUT2D eigenvalue weighted by molar-refractivity contribution is 5.67. The molecule has 0 aliphatic rings. The van der Waals surface area contributed by atoms with Gasteiger partial charge in [0.2, 0.25) is 0 Å². The van der Waals surface area contributed by atoms with E-state index < -0.39 is 4.92 Å². The molecule has 0 aromatic heterocycles. The zero-order chi connectivity index (χ0) is 15.4. The summed E-state index contributed by atoms with van der Waals surface area (Å²) in [4.78, 5) is 10.5. The fraction of sp³-hybridized carbons (Fsp3) is 0.143. The zero-order valence-corrected chi connectivity index (χ0v) is 11.4. The minimum Gasteiger partial charge on any atom is -0.399 e. The molecule has 0 saturated carbocycles. The molecule has 0 aliphatic carbocycles. The third kappa shape index (κ3) is 3.53. The molecule has 7 N–H and O–H groups in total. The van der Waals surface area contributed by atoms with Crippen LogP contribution in [0.1, 0.15) is 5.56 Å². The Morgan fingerprint density at radius 3 is 2.43 bits per heavy atom. The largest absolute Gasteiger partial charge is 0.399 e. The van der Waals surface area contributed by atoms with Crippen molar-refractivity contribution >= 4 is 28.4 Å².